The lowest BCUT2D eigenvalue weighted by molar-refractivity contribution is -0.151. The SMILES string of the molecule is COc1ccc(OC)c(C2C(C(=O)OC3CC(C)CCC3C(C)C)=C(C)Nc3nnnn32)c1. The molecule has 1 aromatic heterocycles. The molecule has 2 aromatic rings. The summed E-state index contributed by atoms with van der Waals surface area (Å²) in [6.07, 6.45) is 2.98. The van der Waals surface area contributed by atoms with Crippen LogP contribution in [0.15, 0.2) is 29.5 Å². The first-order valence-electron chi connectivity index (χ1n) is 11.5. The second kappa shape index (κ2) is 9.41. The first-order valence-corrected chi connectivity index (χ1v) is 11.5. The molecule has 0 saturated heterocycles. The van der Waals surface area contributed by atoms with Crippen LogP contribution in [0.4, 0.5) is 5.95 Å². The van der Waals surface area contributed by atoms with Crippen LogP contribution in [0.3, 0.4) is 0 Å². The normalized spacial score (nSPS) is 24.8. The molecule has 1 aliphatic heterocycles. The van der Waals surface area contributed by atoms with E-state index in [0.29, 0.717) is 46.5 Å². The largest absolute Gasteiger partial charge is 0.497 e. The number of hydrogen-bond donors (Lipinski definition) is 1. The Morgan fingerprint density at radius 1 is 1.21 bits per heavy atom. The Morgan fingerprint density at radius 3 is 2.70 bits per heavy atom. The minimum Gasteiger partial charge on any atom is -0.497 e. The molecule has 4 unspecified atom stereocenters. The molecule has 33 heavy (non-hydrogen) atoms. The van der Waals surface area contributed by atoms with Gasteiger partial charge in [-0.2, -0.15) is 4.68 Å². The monoisotopic (exact) mass is 455 g/mol. The van der Waals surface area contributed by atoms with Gasteiger partial charge >= 0.3 is 5.97 Å². The van der Waals surface area contributed by atoms with Crippen molar-refractivity contribution in [2.75, 3.05) is 19.5 Å². The molecule has 4 rings (SSSR count). The first kappa shape index (κ1) is 23.1. The van der Waals surface area contributed by atoms with Crippen LogP contribution >= 0.6 is 0 Å². The number of ether oxygens (including phenoxy) is 3. The van der Waals surface area contributed by atoms with Gasteiger partial charge in [0.2, 0.25) is 5.95 Å². The summed E-state index contributed by atoms with van der Waals surface area (Å²) >= 11 is 0. The van der Waals surface area contributed by atoms with E-state index in [1.54, 1.807) is 18.9 Å². The summed E-state index contributed by atoms with van der Waals surface area (Å²) in [4.78, 5) is 13.7. The lowest BCUT2D eigenvalue weighted by atomic mass is 9.75. The van der Waals surface area contributed by atoms with E-state index in [-0.39, 0.29) is 12.1 Å². The van der Waals surface area contributed by atoms with Crippen LogP contribution < -0.4 is 14.8 Å². The van der Waals surface area contributed by atoms with Crippen molar-refractivity contribution in [3.05, 3.63) is 35.0 Å². The van der Waals surface area contributed by atoms with Crippen molar-refractivity contribution in [2.24, 2.45) is 17.8 Å². The van der Waals surface area contributed by atoms with Gasteiger partial charge in [0.1, 0.15) is 23.6 Å². The highest BCUT2D eigenvalue weighted by molar-refractivity contribution is 5.92. The molecular formula is C24H33N5O4. The van der Waals surface area contributed by atoms with Gasteiger partial charge in [-0.15, -0.1) is 0 Å². The van der Waals surface area contributed by atoms with Crippen molar-refractivity contribution in [2.45, 2.75) is 59.1 Å². The van der Waals surface area contributed by atoms with Crippen LogP contribution in [0.5, 0.6) is 11.5 Å². The van der Waals surface area contributed by atoms with Gasteiger partial charge in [-0.1, -0.05) is 32.3 Å². The molecule has 1 N–H and O–H groups in total. The molecule has 0 bridgehead atoms. The number of hydrogen-bond acceptors (Lipinski definition) is 8. The van der Waals surface area contributed by atoms with Crippen LogP contribution in [-0.4, -0.2) is 46.5 Å². The molecular weight excluding hydrogens is 422 g/mol. The van der Waals surface area contributed by atoms with Gasteiger partial charge in [-0.05, 0) is 66.1 Å². The van der Waals surface area contributed by atoms with Gasteiger partial charge < -0.3 is 19.5 Å². The molecule has 1 aromatic carbocycles. The van der Waals surface area contributed by atoms with Crippen LogP contribution in [-0.2, 0) is 9.53 Å². The zero-order valence-electron chi connectivity index (χ0n) is 20.2. The number of nitrogens with zero attached hydrogens (tertiary/aromatic N) is 4. The van der Waals surface area contributed by atoms with Crippen molar-refractivity contribution >= 4 is 11.9 Å². The van der Waals surface area contributed by atoms with Gasteiger partial charge in [0.05, 0.1) is 19.8 Å². The fourth-order valence-corrected chi connectivity index (χ4v) is 5.07. The molecule has 9 nitrogen and oxygen atoms in total. The Balaban J connectivity index is 1.75. The number of carbonyl (C=O) groups is 1. The molecule has 2 aliphatic rings. The van der Waals surface area contributed by atoms with Gasteiger partial charge in [-0.3, -0.25) is 0 Å². The Hall–Kier alpha value is -3.10. The number of aromatic nitrogens is 4. The van der Waals surface area contributed by atoms with Crippen molar-refractivity contribution < 1.29 is 19.0 Å². The minimum absolute atomic E-state index is 0.121. The Kier molecular flexibility index (Phi) is 6.58. The maximum atomic E-state index is 13.7. The van der Waals surface area contributed by atoms with E-state index in [4.69, 9.17) is 14.2 Å². The summed E-state index contributed by atoms with van der Waals surface area (Å²) in [5.41, 5.74) is 1.83. The fraction of sp³-hybridized carbons (Fsp3) is 0.583. The molecule has 178 valence electrons. The van der Waals surface area contributed by atoms with E-state index in [9.17, 15) is 4.79 Å². The van der Waals surface area contributed by atoms with Crippen LogP contribution in [0.25, 0.3) is 0 Å². The van der Waals surface area contributed by atoms with E-state index >= 15 is 0 Å². The van der Waals surface area contributed by atoms with E-state index < -0.39 is 6.04 Å². The number of methoxy groups -OCH3 is 2. The van der Waals surface area contributed by atoms with Crippen molar-refractivity contribution in [1.82, 2.24) is 20.2 Å². The standard InChI is InChI=1S/C24H33N5O4/c1-13(2)17-9-7-14(3)11-20(17)33-23(30)21-15(4)25-24-26-27-28-29(24)22(21)18-12-16(31-5)8-10-19(18)32-6/h8,10,12-14,17,20,22H,7,9,11H2,1-6H3,(H,25,26,28). The van der Waals surface area contributed by atoms with E-state index in [1.165, 1.54) is 0 Å². The number of anilines is 1. The van der Waals surface area contributed by atoms with Crippen molar-refractivity contribution in [3.8, 4) is 11.5 Å². The quantitative estimate of drug-likeness (QED) is 0.653. The number of benzene rings is 1. The van der Waals surface area contributed by atoms with E-state index in [0.717, 1.165) is 24.8 Å². The Labute approximate surface area is 194 Å². The first-order chi connectivity index (χ1) is 15.8. The minimum atomic E-state index is -0.618. The van der Waals surface area contributed by atoms with Gasteiger partial charge in [0.15, 0.2) is 0 Å². The number of rotatable bonds is 6. The Bertz CT molecular complexity index is 1050. The highest BCUT2D eigenvalue weighted by Crippen LogP contribution is 2.42. The smallest absolute Gasteiger partial charge is 0.338 e. The Morgan fingerprint density at radius 2 is 2.00 bits per heavy atom. The molecule has 2 heterocycles. The van der Waals surface area contributed by atoms with Gasteiger partial charge in [-0.25, -0.2) is 4.79 Å². The molecule has 1 saturated carbocycles. The summed E-state index contributed by atoms with van der Waals surface area (Å²) in [5.74, 6) is 2.65. The van der Waals surface area contributed by atoms with Crippen LogP contribution in [0.2, 0.25) is 0 Å². The summed E-state index contributed by atoms with van der Waals surface area (Å²) in [6, 6.07) is 4.86. The topological polar surface area (TPSA) is 100 Å². The number of tetrazole rings is 1. The lowest BCUT2D eigenvalue weighted by Crippen LogP contribution is -2.38. The molecule has 9 heteroatoms. The maximum Gasteiger partial charge on any atom is 0.338 e. The summed E-state index contributed by atoms with van der Waals surface area (Å²) in [7, 11) is 3.20. The number of allylic oxidation sites excluding steroid dienone is 1. The molecule has 0 radical (unpaired) electrons. The predicted molar refractivity (Wildman–Crippen MR) is 123 cm³/mol. The number of esters is 1. The van der Waals surface area contributed by atoms with Gasteiger partial charge in [0.25, 0.3) is 0 Å². The third kappa shape index (κ3) is 4.41. The van der Waals surface area contributed by atoms with Crippen LogP contribution in [0.1, 0.15) is 58.6 Å². The molecule has 0 spiro atoms. The second-order valence-electron chi connectivity index (χ2n) is 9.39. The predicted octanol–water partition coefficient (Wildman–Crippen LogP) is 3.98. The maximum absolute atomic E-state index is 13.7. The number of nitrogens with one attached hydrogen (secondary N) is 1. The van der Waals surface area contributed by atoms with Crippen molar-refractivity contribution in [1.29, 1.82) is 0 Å². The summed E-state index contributed by atoms with van der Waals surface area (Å²) < 4.78 is 18.9. The summed E-state index contributed by atoms with van der Waals surface area (Å²) in [5, 5.41) is 15.2. The fourth-order valence-electron chi connectivity index (χ4n) is 5.07. The molecule has 4 atom stereocenters. The zero-order chi connectivity index (χ0) is 23.7. The third-order valence-electron chi connectivity index (χ3n) is 6.89. The molecule has 1 fully saturated rings. The third-order valence-corrected chi connectivity index (χ3v) is 6.89. The average Bonchev–Trinajstić information content (AvgIpc) is 3.25. The molecule has 1 aliphatic carbocycles. The lowest BCUT2D eigenvalue weighted by Gasteiger charge is -2.37. The summed E-state index contributed by atoms with van der Waals surface area (Å²) in [6.45, 7) is 8.47. The van der Waals surface area contributed by atoms with E-state index in [2.05, 4.69) is 41.6 Å². The highest BCUT2D eigenvalue weighted by Gasteiger charge is 2.40. The second-order valence-corrected chi connectivity index (χ2v) is 9.39. The number of carbonyl (C=O) groups excluding carboxylic acids is 1. The molecule has 0 amide bonds. The van der Waals surface area contributed by atoms with E-state index in [1.807, 2.05) is 25.1 Å². The average molecular weight is 456 g/mol. The van der Waals surface area contributed by atoms with Crippen LogP contribution in [0, 0.1) is 17.8 Å². The van der Waals surface area contributed by atoms with Gasteiger partial charge in [0, 0.05) is 11.3 Å². The highest BCUT2D eigenvalue weighted by atomic mass is 16.5. The number of fused-ring (bicyclic) bond motifs is 1. The van der Waals surface area contributed by atoms with Crippen molar-refractivity contribution in [3.63, 3.8) is 0 Å². The zero-order valence-corrected chi connectivity index (χ0v) is 20.2.